The van der Waals surface area contributed by atoms with Crippen LogP contribution in [0.25, 0.3) is 0 Å². The van der Waals surface area contributed by atoms with Crippen LogP contribution in [0.5, 0.6) is 5.75 Å². The highest BCUT2D eigenvalue weighted by Gasteiger charge is 2.27. The SMILES string of the molecule is CCCNC(=O)[C@H](C)N(Cc1ccccc1Cl)C(=O)COc1ccccc1C(C)(C)C. The third kappa shape index (κ3) is 7.00. The molecule has 0 aliphatic rings. The largest absolute Gasteiger partial charge is 0.483 e. The topological polar surface area (TPSA) is 58.6 Å². The highest BCUT2D eigenvalue weighted by molar-refractivity contribution is 6.31. The molecule has 0 aromatic heterocycles. The number of hydrogen-bond donors (Lipinski definition) is 1. The minimum Gasteiger partial charge on any atom is -0.483 e. The molecule has 0 spiro atoms. The zero-order valence-corrected chi connectivity index (χ0v) is 19.8. The van der Waals surface area contributed by atoms with Gasteiger partial charge in [-0.2, -0.15) is 0 Å². The minimum absolute atomic E-state index is 0.121. The lowest BCUT2D eigenvalue weighted by Crippen LogP contribution is -2.49. The smallest absolute Gasteiger partial charge is 0.261 e. The molecular formula is C25H33ClN2O3. The molecule has 2 rings (SSSR count). The van der Waals surface area contributed by atoms with Crippen molar-refractivity contribution in [2.45, 2.75) is 59.0 Å². The second kappa shape index (κ2) is 11.2. The summed E-state index contributed by atoms with van der Waals surface area (Å²) in [5.74, 6) is 0.198. The van der Waals surface area contributed by atoms with Crippen LogP contribution in [0, 0.1) is 0 Å². The normalized spacial score (nSPS) is 12.2. The van der Waals surface area contributed by atoms with Gasteiger partial charge < -0.3 is 15.0 Å². The molecule has 0 bridgehead atoms. The van der Waals surface area contributed by atoms with Gasteiger partial charge in [-0.25, -0.2) is 0 Å². The average Bonchev–Trinajstić information content (AvgIpc) is 2.74. The molecule has 1 N–H and O–H groups in total. The fraction of sp³-hybridized carbons (Fsp3) is 0.440. The standard InChI is InChI=1S/C25H33ClN2O3/c1-6-15-27-24(30)18(2)28(16-19-11-7-9-13-21(19)26)23(29)17-31-22-14-10-8-12-20(22)25(3,4)5/h7-14,18H,6,15-17H2,1-5H3,(H,27,30)/t18-/m0/s1. The Labute approximate surface area is 190 Å². The van der Waals surface area contributed by atoms with Gasteiger partial charge in [-0.15, -0.1) is 0 Å². The maximum absolute atomic E-state index is 13.2. The van der Waals surface area contributed by atoms with Gasteiger partial charge in [-0.05, 0) is 42.0 Å². The van der Waals surface area contributed by atoms with Crippen LogP contribution in [-0.4, -0.2) is 35.9 Å². The highest BCUT2D eigenvalue weighted by atomic mass is 35.5. The zero-order chi connectivity index (χ0) is 23.0. The van der Waals surface area contributed by atoms with E-state index < -0.39 is 6.04 Å². The van der Waals surface area contributed by atoms with Crippen LogP contribution < -0.4 is 10.1 Å². The van der Waals surface area contributed by atoms with Gasteiger partial charge in [0.25, 0.3) is 5.91 Å². The lowest BCUT2D eigenvalue weighted by molar-refractivity contribution is -0.142. The quantitative estimate of drug-likeness (QED) is 0.594. The first-order valence-corrected chi connectivity index (χ1v) is 11.1. The molecule has 0 saturated heterocycles. The highest BCUT2D eigenvalue weighted by Crippen LogP contribution is 2.31. The Kier molecular flexibility index (Phi) is 8.93. The average molecular weight is 445 g/mol. The van der Waals surface area contributed by atoms with Crippen molar-refractivity contribution in [1.82, 2.24) is 10.2 Å². The molecule has 0 radical (unpaired) electrons. The van der Waals surface area contributed by atoms with Gasteiger partial charge in [0.2, 0.25) is 5.91 Å². The summed E-state index contributed by atoms with van der Waals surface area (Å²) < 4.78 is 5.93. The predicted molar refractivity (Wildman–Crippen MR) is 125 cm³/mol. The molecule has 2 aromatic carbocycles. The molecule has 31 heavy (non-hydrogen) atoms. The van der Waals surface area contributed by atoms with Crippen LogP contribution in [0.4, 0.5) is 0 Å². The number of halogens is 1. The molecule has 0 aliphatic carbocycles. The first-order chi connectivity index (χ1) is 14.6. The number of carbonyl (C=O) groups is 2. The van der Waals surface area contributed by atoms with Gasteiger partial charge in [0.15, 0.2) is 6.61 Å². The molecule has 0 unspecified atom stereocenters. The molecule has 5 nitrogen and oxygen atoms in total. The van der Waals surface area contributed by atoms with Crippen molar-refractivity contribution in [3.8, 4) is 5.75 Å². The summed E-state index contributed by atoms with van der Waals surface area (Å²) in [7, 11) is 0. The molecule has 2 amide bonds. The number of amides is 2. The van der Waals surface area contributed by atoms with E-state index in [1.165, 1.54) is 4.90 Å². The van der Waals surface area contributed by atoms with Gasteiger partial charge in [0, 0.05) is 18.1 Å². The molecule has 1 atom stereocenters. The zero-order valence-electron chi connectivity index (χ0n) is 19.1. The van der Waals surface area contributed by atoms with E-state index in [2.05, 4.69) is 26.1 Å². The van der Waals surface area contributed by atoms with E-state index in [9.17, 15) is 9.59 Å². The Hall–Kier alpha value is -2.53. The molecule has 0 heterocycles. The fourth-order valence-electron chi connectivity index (χ4n) is 3.22. The Bertz CT molecular complexity index is 892. The Balaban J connectivity index is 2.22. The molecule has 6 heteroatoms. The van der Waals surface area contributed by atoms with Crippen molar-refractivity contribution < 1.29 is 14.3 Å². The number of carbonyl (C=O) groups excluding carboxylic acids is 2. The van der Waals surface area contributed by atoms with Crippen LogP contribution in [0.3, 0.4) is 0 Å². The summed E-state index contributed by atoms with van der Waals surface area (Å²) in [6.45, 7) is 10.6. The summed E-state index contributed by atoms with van der Waals surface area (Å²) in [5.41, 5.74) is 1.68. The van der Waals surface area contributed by atoms with E-state index in [-0.39, 0.29) is 30.4 Å². The predicted octanol–water partition coefficient (Wildman–Crippen LogP) is 4.96. The second-order valence-corrected chi connectivity index (χ2v) is 9.02. The number of rotatable bonds is 9. The van der Waals surface area contributed by atoms with Crippen LogP contribution in [0.15, 0.2) is 48.5 Å². The molecule has 0 saturated carbocycles. The Morgan fingerprint density at radius 2 is 1.74 bits per heavy atom. The molecule has 2 aromatic rings. The Morgan fingerprint density at radius 1 is 1.10 bits per heavy atom. The van der Waals surface area contributed by atoms with Crippen molar-refractivity contribution in [3.63, 3.8) is 0 Å². The lowest BCUT2D eigenvalue weighted by Gasteiger charge is -2.29. The molecule has 0 aliphatic heterocycles. The number of benzene rings is 2. The van der Waals surface area contributed by atoms with Crippen molar-refractivity contribution >= 4 is 23.4 Å². The van der Waals surface area contributed by atoms with E-state index in [0.29, 0.717) is 17.3 Å². The Morgan fingerprint density at radius 3 is 2.39 bits per heavy atom. The minimum atomic E-state index is -0.656. The van der Waals surface area contributed by atoms with Crippen LogP contribution in [-0.2, 0) is 21.5 Å². The van der Waals surface area contributed by atoms with Crippen LogP contribution in [0.2, 0.25) is 5.02 Å². The van der Waals surface area contributed by atoms with Gasteiger partial charge in [0.1, 0.15) is 11.8 Å². The van der Waals surface area contributed by atoms with Crippen molar-refractivity contribution in [2.75, 3.05) is 13.2 Å². The van der Waals surface area contributed by atoms with Gasteiger partial charge in [-0.3, -0.25) is 9.59 Å². The number of hydrogen-bond acceptors (Lipinski definition) is 3. The van der Waals surface area contributed by atoms with Crippen LogP contribution >= 0.6 is 11.6 Å². The van der Waals surface area contributed by atoms with E-state index >= 15 is 0 Å². The maximum atomic E-state index is 13.2. The fourth-order valence-corrected chi connectivity index (χ4v) is 3.42. The first-order valence-electron chi connectivity index (χ1n) is 10.7. The van der Waals surface area contributed by atoms with Gasteiger partial charge in [0.05, 0.1) is 0 Å². The van der Waals surface area contributed by atoms with E-state index in [4.69, 9.17) is 16.3 Å². The van der Waals surface area contributed by atoms with Crippen molar-refractivity contribution in [1.29, 1.82) is 0 Å². The van der Waals surface area contributed by atoms with Gasteiger partial charge >= 0.3 is 0 Å². The van der Waals surface area contributed by atoms with E-state index in [1.807, 2.05) is 49.4 Å². The summed E-state index contributed by atoms with van der Waals surface area (Å²) in [5, 5.41) is 3.42. The summed E-state index contributed by atoms with van der Waals surface area (Å²) in [4.78, 5) is 27.3. The number of nitrogens with zero attached hydrogens (tertiary/aromatic N) is 1. The van der Waals surface area contributed by atoms with Crippen molar-refractivity contribution in [3.05, 3.63) is 64.7 Å². The number of ether oxygens (including phenoxy) is 1. The monoisotopic (exact) mass is 444 g/mol. The summed E-state index contributed by atoms with van der Waals surface area (Å²) >= 11 is 6.32. The van der Waals surface area contributed by atoms with Crippen molar-refractivity contribution in [2.24, 2.45) is 0 Å². The third-order valence-electron chi connectivity index (χ3n) is 5.06. The maximum Gasteiger partial charge on any atom is 0.261 e. The van der Waals surface area contributed by atoms with E-state index in [1.54, 1.807) is 13.0 Å². The third-order valence-corrected chi connectivity index (χ3v) is 5.43. The van der Waals surface area contributed by atoms with Crippen LogP contribution in [0.1, 0.15) is 52.2 Å². The van der Waals surface area contributed by atoms with E-state index in [0.717, 1.165) is 17.5 Å². The lowest BCUT2D eigenvalue weighted by atomic mass is 9.86. The summed E-state index contributed by atoms with van der Waals surface area (Å²) in [6.07, 6.45) is 0.823. The molecule has 0 fully saturated rings. The molecule has 168 valence electrons. The number of para-hydroxylation sites is 1. The first kappa shape index (κ1) is 24.7. The second-order valence-electron chi connectivity index (χ2n) is 8.61. The number of nitrogens with one attached hydrogen (secondary N) is 1. The molecular weight excluding hydrogens is 412 g/mol. The summed E-state index contributed by atoms with van der Waals surface area (Å²) in [6, 6.07) is 14.4. The van der Waals surface area contributed by atoms with Gasteiger partial charge in [-0.1, -0.05) is 75.7 Å².